The maximum atomic E-state index is 13.6. The fourth-order valence-electron chi connectivity index (χ4n) is 1.50. The standard InChI is InChI=1S/C13H12BrFN2/c1-8-2-4-12(10(14)6-8)17-13-5-3-9(16)7-11(13)15/h2-7,17H,16H2,1H3. The topological polar surface area (TPSA) is 38.0 Å². The maximum Gasteiger partial charge on any atom is 0.148 e. The van der Waals surface area contributed by atoms with Gasteiger partial charge in [0.15, 0.2) is 0 Å². The molecule has 4 heteroatoms. The summed E-state index contributed by atoms with van der Waals surface area (Å²) in [7, 11) is 0. The zero-order valence-corrected chi connectivity index (χ0v) is 10.9. The van der Waals surface area contributed by atoms with Crippen LogP contribution in [0, 0.1) is 12.7 Å². The summed E-state index contributed by atoms with van der Waals surface area (Å²) in [6.07, 6.45) is 0. The highest BCUT2D eigenvalue weighted by Gasteiger charge is 2.05. The van der Waals surface area contributed by atoms with Crippen molar-refractivity contribution >= 4 is 33.0 Å². The van der Waals surface area contributed by atoms with Crippen molar-refractivity contribution in [2.45, 2.75) is 6.92 Å². The van der Waals surface area contributed by atoms with Crippen molar-refractivity contribution < 1.29 is 4.39 Å². The minimum Gasteiger partial charge on any atom is -0.399 e. The number of hydrogen-bond acceptors (Lipinski definition) is 2. The van der Waals surface area contributed by atoms with Crippen LogP contribution in [0.2, 0.25) is 0 Å². The molecular formula is C13H12BrFN2. The Morgan fingerprint density at radius 2 is 1.82 bits per heavy atom. The fraction of sp³-hybridized carbons (Fsp3) is 0.0769. The lowest BCUT2D eigenvalue weighted by atomic mass is 10.2. The molecule has 0 fully saturated rings. The van der Waals surface area contributed by atoms with Gasteiger partial charge in [0.2, 0.25) is 0 Å². The Labute approximate surface area is 108 Å². The summed E-state index contributed by atoms with van der Waals surface area (Å²) >= 11 is 3.43. The van der Waals surface area contributed by atoms with E-state index >= 15 is 0 Å². The van der Waals surface area contributed by atoms with Gasteiger partial charge in [0.1, 0.15) is 5.82 Å². The van der Waals surface area contributed by atoms with Gasteiger partial charge in [0.05, 0.1) is 11.4 Å². The summed E-state index contributed by atoms with van der Waals surface area (Å²) in [4.78, 5) is 0. The minimum absolute atomic E-state index is 0.363. The molecule has 3 N–H and O–H groups in total. The van der Waals surface area contributed by atoms with Gasteiger partial charge >= 0.3 is 0 Å². The van der Waals surface area contributed by atoms with E-state index in [1.54, 1.807) is 12.1 Å². The Morgan fingerprint density at radius 1 is 1.12 bits per heavy atom. The average Bonchev–Trinajstić information content (AvgIpc) is 2.25. The predicted octanol–water partition coefficient (Wildman–Crippen LogP) is 4.22. The Kier molecular flexibility index (Phi) is 3.33. The molecular weight excluding hydrogens is 283 g/mol. The lowest BCUT2D eigenvalue weighted by Crippen LogP contribution is -1.96. The number of nitrogens with one attached hydrogen (secondary N) is 1. The van der Waals surface area contributed by atoms with Gasteiger partial charge in [-0.15, -0.1) is 0 Å². The zero-order chi connectivity index (χ0) is 12.4. The lowest BCUT2D eigenvalue weighted by Gasteiger charge is -2.10. The van der Waals surface area contributed by atoms with E-state index in [9.17, 15) is 4.39 Å². The van der Waals surface area contributed by atoms with Crippen molar-refractivity contribution in [2.24, 2.45) is 0 Å². The molecule has 0 aliphatic carbocycles. The lowest BCUT2D eigenvalue weighted by molar-refractivity contribution is 0.632. The third-order valence-electron chi connectivity index (χ3n) is 2.39. The van der Waals surface area contributed by atoms with E-state index in [1.807, 2.05) is 25.1 Å². The van der Waals surface area contributed by atoms with E-state index in [1.165, 1.54) is 6.07 Å². The summed E-state index contributed by atoms with van der Waals surface area (Å²) in [5.41, 5.74) is 8.27. The summed E-state index contributed by atoms with van der Waals surface area (Å²) in [5.74, 6) is -0.363. The highest BCUT2D eigenvalue weighted by Crippen LogP contribution is 2.28. The van der Waals surface area contributed by atoms with Gasteiger partial charge in [-0.05, 0) is 58.7 Å². The van der Waals surface area contributed by atoms with Crippen molar-refractivity contribution in [1.82, 2.24) is 0 Å². The first-order valence-electron chi connectivity index (χ1n) is 5.14. The number of nitrogens with two attached hydrogens (primary N) is 1. The van der Waals surface area contributed by atoms with E-state index in [0.717, 1.165) is 15.7 Å². The molecule has 88 valence electrons. The number of aryl methyl sites for hydroxylation is 1. The van der Waals surface area contributed by atoms with Crippen LogP contribution in [0.15, 0.2) is 40.9 Å². The van der Waals surface area contributed by atoms with Crippen LogP contribution in [0.25, 0.3) is 0 Å². The smallest absolute Gasteiger partial charge is 0.148 e. The van der Waals surface area contributed by atoms with Crippen LogP contribution < -0.4 is 11.1 Å². The van der Waals surface area contributed by atoms with Gasteiger partial charge in [-0.2, -0.15) is 0 Å². The van der Waals surface area contributed by atoms with Gasteiger partial charge in [-0.3, -0.25) is 0 Å². The zero-order valence-electron chi connectivity index (χ0n) is 9.30. The SMILES string of the molecule is Cc1ccc(Nc2ccc(N)cc2F)c(Br)c1. The first-order chi connectivity index (χ1) is 8.06. The first-order valence-corrected chi connectivity index (χ1v) is 5.94. The predicted molar refractivity (Wildman–Crippen MR) is 73.0 cm³/mol. The molecule has 2 aromatic carbocycles. The molecule has 2 nitrogen and oxygen atoms in total. The molecule has 0 aromatic heterocycles. The van der Waals surface area contributed by atoms with E-state index in [-0.39, 0.29) is 5.82 Å². The molecule has 0 heterocycles. The molecule has 2 aromatic rings. The molecule has 0 aliphatic rings. The van der Waals surface area contributed by atoms with Crippen molar-refractivity contribution in [2.75, 3.05) is 11.1 Å². The number of anilines is 3. The molecule has 0 saturated heterocycles. The van der Waals surface area contributed by atoms with Crippen LogP contribution in [0.5, 0.6) is 0 Å². The molecule has 0 atom stereocenters. The van der Waals surface area contributed by atoms with Crippen LogP contribution in [0.4, 0.5) is 21.5 Å². The number of hydrogen-bond donors (Lipinski definition) is 2. The van der Waals surface area contributed by atoms with Crippen LogP contribution in [-0.2, 0) is 0 Å². The largest absolute Gasteiger partial charge is 0.399 e. The molecule has 0 unspecified atom stereocenters. The van der Waals surface area contributed by atoms with Crippen LogP contribution >= 0.6 is 15.9 Å². The van der Waals surface area contributed by atoms with Crippen molar-refractivity contribution in [1.29, 1.82) is 0 Å². The highest BCUT2D eigenvalue weighted by atomic mass is 79.9. The second kappa shape index (κ2) is 4.75. The molecule has 0 amide bonds. The minimum atomic E-state index is -0.363. The van der Waals surface area contributed by atoms with Crippen molar-refractivity contribution in [3.05, 3.63) is 52.3 Å². The second-order valence-corrected chi connectivity index (χ2v) is 4.70. The molecule has 0 spiro atoms. The van der Waals surface area contributed by atoms with Gasteiger partial charge in [0, 0.05) is 10.2 Å². The molecule has 0 saturated carbocycles. The van der Waals surface area contributed by atoms with Gasteiger partial charge < -0.3 is 11.1 Å². The van der Waals surface area contributed by atoms with Crippen LogP contribution in [-0.4, -0.2) is 0 Å². The van der Waals surface area contributed by atoms with Crippen molar-refractivity contribution in [3.8, 4) is 0 Å². The fourth-order valence-corrected chi connectivity index (χ4v) is 2.09. The normalized spacial score (nSPS) is 10.3. The van der Waals surface area contributed by atoms with E-state index in [2.05, 4.69) is 21.2 Å². The van der Waals surface area contributed by atoms with Crippen LogP contribution in [0.1, 0.15) is 5.56 Å². The average molecular weight is 295 g/mol. The Bertz CT molecular complexity index is 506. The van der Waals surface area contributed by atoms with Gasteiger partial charge in [-0.1, -0.05) is 6.07 Å². The van der Waals surface area contributed by atoms with Gasteiger partial charge in [0.25, 0.3) is 0 Å². The van der Waals surface area contributed by atoms with E-state index in [0.29, 0.717) is 11.4 Å². The second-order valence-electron chi connectivity index (χ2n) is 3.85. The molecule has 2 rings (SSSR count). The summed E-state index contributed by atoms with van der Waals surface area (Å²) in [5, 5.41) is 3.02. The quantitative estimate of drug-likeness (QED) is 0.814. The first kappa shape index (κ1) is 11.9. The summed E-state index contributed by atoms with van der Waals surface area (Å²) in [6.45, 7) is 2.00. The molecule has 0 bridgehead atoms. The number of halogens is 2. The highest BCUT2D eigenvalue weighted by molar-refractivity contribution is 9.10. The Hall–Kier alpha value is -1.55. The number of nitrogen functional groups attached to an aromatic ring is 1. The maximum absolute atomic E-state index is 13.6. The Balaban J connectivity index is 2.31. The van der Waals surface area contributed by atoms with E-state index in [4.69, 9.17) is 5.73 Å². The van der Waals surface area contributed by atoms with E-state index < -0.39 is 0 Å². The van der Waals surface area contributed by atoms with Crippen LogP contribution in [0.3, 0.4) is 0 Å². The third kappa shape index (κ3) is 2.77. The third-order valence-corrected chi connectivity index (χ3v) is 3.04. The monoisotopic (exact) mass is 294 g/mol. The van der Waals surface area contributed by atoms with Gasteiger partial charge in [-0.25, -0.2) is 4.39 Å². The molecule has 17 heavy (non-hydrogen) atoms. The van der Waals surface area contributed by atoms with Crippen molar-refractivity contribution in [3.63, 3.8) is 0 Å². The Morgan fingerprint density at radius 3 is 2.47 bits per heavy atom. The number of benzene rings is 2. The molecule has 0 aliphatic heterocycles. The summed E-state index contributed by atoms with van der Waals surface area (Å²) in [6, 6.07) is 10.4. The molecule has 0 radical (unpaired) electrons. The summed E-state index contributed by atoms with van der Waals surface area (Å²) < 4.78 is 14.5. The number of rotatable bonds is 2.